The number of rotatable bonds is 12. The molecule has 1 saturated heterocycles. The van der Waals surface area contributed by atoms with Crippen molar-refractivity contribution in [2.24, 2.45) is 0 Å². The minimum atomic E-state index is -0.545. The maximum atomic E-state index is 10.4. The minimum Gasteiger partial charge on any atom is -0.389 e. The first-order chi connectivity index (χ1) is 14.2. The Bertz CT molecular complexity index is 741. The molecular weight excluding hydrogens is 366 g/mol. The molecule has 1 aromatic heterocycles. The molecule has 6 heteroatoms. The van der Waals surface area contributed by atoms with Crippen molar-refractivity contribution in [1.29, 1.82) is 0 Å². The van der Waals surface area contributed by atoms with E-state index in [1.54, 1.807) is 6.08 Å². The van der Waals surface area contributed by atoms with Gasteiger partial charge in [0.05, 0.1) is 24.9 Å². The van der Waals surface area contributed by atoms with Crippen molar-refractivity contribution in [2.75, 3.05) is 44.3 Å². The highest BCUT2D eigenvalue weighted by Crippen LogP contribution is 2.34. The van der Waals surface area contributed by atoms with Crippen LogP contribution in [0.5, 0.6) is 0 Å². The highest BCUT2D eigenvalue weighted by molar-refractivity contribution is 5.68. The maximum absolute atomic E-state index is 10.4. The SMILES string of the molecule is C=CCOCC(O)CN(CCC)Cc1c(-c2ccccc2)noc1N1CCCC1. The van der Waals surface area contributed by atoms with Crippen LogP contribution >= 0.6 is 0 Å². The minimum absolute atomic E-state index is 0.306. The van der Waals surface area contributed by atoms with Crippen LogP contribution in [0.3, 0.4) is 0 Å². The molecule has 1 unspecified atom stereocenters. The third kappa shape index (κ3) is 5.92. The molecule has 6 nitrogen and oxygen atoms in total. The molecule has 1 atom stereocenters. The Morgan fingerprint density at radius 3 is 2.76 bits per heavy atom. The van der Waals surface area contributed by atoms with Crippen LogP contribution in [-0.2, 0) is 11.3 Å². The van der Waals surface area contributed by atoms with E-state index in [1.807, 2.05) is 18.2 Å². The Morgan fingerprint density at radius 1 is 1.31 bits per heavy atom. The van der Waals surface area contributed by atoms with Gasteiger partial charge in [-0.15, -0.1) is 6.58 Å². The fraction of sp³-hybridized carbons (Fsp3) is 0.522. The topological polar surface area (TPSA) is 62.0 Å². The maximum Gasteiger partial charge on any atom is 0.232 e. The van der Waals surface area contributed by atoms with Gasteiger partial charge in [0.2, 0.25) is 5.88 Å². The van der Waals surface area contributed by atoms with E-state index in [9.17, 15) is 5.11 Å². The van der Waals surface area contributed by atoms with Crippen LogP contribution in [0.15, 0.2) is 47.5 Å². The van der Waals surface area contributed by atoms with Crippen molar-refractivity contribution in [3.8, 4) is 11.3 Å². The predicted molar refractivity (Wildman–Crippen MR) is 116 cm³/mol. The number of hydrogen-bond donors (Lipinski definition) is 1. The standard InChI is InChI=1S/C23H33N3O3/c1-3-12-25(16-20(27)18-28-15-4-2)17-21-22(19-10-6-5-7-11-19)24-29-23(21)26-13-8-9-14-26/h4-7,10-11,20,27H,2-3,8-9,12-18H2,1H3. The van der Waals surface area contributed by atoms with Crippen molar-refractivity contribution in [2.45, 2.75) is 38.8 Å². The summed E-state index contributed by atoms with van der Waals surface area (Å²) in [5.74, 6) is 0.875. The number of aliphatic hydroxyl groups excluding tert-OH is 1. The van der Waals surface area contributed by atoms with Gasteiger partial charge in [0.25, 0.3) is 0 Å². The van der Waals surface area contributed by atoms with Gasteiger partial charge in [-0.25, -0.2) is 0 Å². The molecule has 2 heterocycles. The Morgan fingerprint density at radius 2 is 2.07 bits per heavy atom. The van der Waals surface area contributed by atoms with Crippen LogP contribution in [0.4, 0.5) is 5.88 Å². The zero-order valence-corrected chi connectivity index (χ0v) is 17.4. The van der Waals surface area contributed by atoms with Gasteiger partial charge in [0.15, 0.2) is 0 Å². The fourth-order valence-corrected chi connectivity index (χ4v) is 3.85. The van der Waals surface area contributed by atoms with Gasteiger partial charge in [0.1, 0.15) is 5.69 Å². The quantitative estimate of drug-likeness (QED) is 0.434. The molecule has 158 valence electrons. The molecule has 0 saturated carbocycles. The van der Waals surface area contributed by atoms with Crippen LogP contribution in [0.2, 0.25) is 0 Å². The Hall–Kier alpha value is -2.15. The molecule has 0 aliphatic carbocycles. The summed E-state index contributed by atoms with van der Waals surface area (Å²) in [4.78, 5) is 4.56. The van der Waals surface area contributed by atoms with E-state index in [1.165, 1.54) is 12.8 Å². The van der Waals surface area contributed by atoms with E-state index in [2.05, 4.69) is 40.6 Å². The smallest absolute Gasteiger partial charge is 0.232 e. The van der Waals surface area contributed by atoms with Crippen molar-refractivity contribution < 1.29 is 14.4 Å². The van der Waals surface area contributed by atoms with E-state index in [4.69, 9.17) is 9.26 Å². The molecule has 0 amide bonds. The van der Waals surface area contributed by atoms with Crippen molar-refractivity contribution in [3.05, 3.63) is 48.6 Å². The van der Waals surface area contributed by atoms with E-state index >= 15 is 0 Å². The third-order valence-corrected chi connectivity index (χ3v) is 5.14. The van der Waals surface area contributed by atoms with Crippen LogP contribution < -0.4 is 4.90 Å². The summed E-state index contributed by atoms with van der Waals surface area (Å²) in [6.07, 6.45) is 4.52. The molecule has 0 bridgehead atoms. The lowest BCUT2D eigenvalue weighted by Crippen LogP contribution is -2.35. The molecule has 1 fully saturated rings. The predicted octanol–water partition coefficient (Wildman–Crippen LogP) is 3.72. The molecule has 3 rings (SSSR count). The highest BCUT2D eigenvalue weighted by atomic mass is 16.5. The van der Waals surface area contributed by atoms with E-state index in [-0.39, 0.29) is 0 Å². The monoisotopic (exact) mass is 399 g/mol. The molecule has 29 heavy (non-hydrogen) atoms. The summed E-state index contributed by atoms with van der Waals surface area (Å²) in [7, 11) is 0. The van der Waals surface area contributed by atoms with E-state index in [0.29, 0.717) is 26.3 Å². The molecule has 1 N–H and O–H groups in total. The largest absolute Gasteiger partial charge is 0.389 e. The summed E-state index contributed by atoms with van der Waals surface area (Å²) in [6.45, 7) is 10.7. The van der Waals surface area contributed by atoms with Gasteiger partial charge >= 0.3 is 0 Å². The molecule has 2 aromatic rings. The molecule has 1 aromatic carbocycles. The number of ether oxygens (including phenoxy) is 1. The highest BCUT2D eigenvalue weighted by Gasteiger charge is 2.26. The summed E-state index contributed by atoms with van der Waals surface area (Å²) >= 11 is 0. The van der Waals surface area contributed by atoms with Crippen LogP contribution in [-0.4, -0.2) is 60.7 Å². The van der Waals surface area contributed by atoms with Crippen LogP contribution in [0.1, 0.15) is 31.7 Å². The molecule has 0 radical (unpaired) electrons. The first-order valence-electron chi connectivity index (χ1n) is 10.6. The number of nitrogens with zero attached hydrogens (tertiary/aromatic N) is 3. The zero-order valence-electron chi connectivity index (χ0n) is 17.4. The Labute approximate surface area is 173 Å². The van der Waals surface area contributed by atoms with Crippen LogP contribution in [0, 0.1) is 0 Å². The zero-order chi connectivity index (χ0) is 20.5. The lowest BCUT2D eigenvalue weighted by Gasteiger charge is -2.25. The summed E-state index contributed by atoms with van der Waals surface area (Å²) in [5, 5.41) is 14.9. The van der Waals surface area contributed by atoms with Crippen molar-refractivity contribution in [1.82, 2.24) is 10.1 Å². The number of aromatic nitrogens is 1. The van der Waals surface area contributed by atoms with Gasteiger partial charge in [-0.3, -0.25) is 4.90 Å². The summed E-state index contributed by atoms with van der Waals surface area (Å²) < 4.78 is 11.3. The number of aliphatic hydroxyl groups is 1. The fourth-order valence-electron chi connectivity index (χ4n) is 3.85. The first-order valence-corrected chi connectivity index (χ1v) is 10.6. The lowest BCUT2D eigenvalue weighted by molar-refractivity contribution is 0.0246. The Kier molecular flexibility index (Phi) is 8.28. The van der Waals surface area contributed by atoms with Gasteiger partial charge in [0, 0.05) is 31.7 Å². The third-order valence-electron chi connectivity index (χ3n) is 5.14. The molecule has 0 spiro atoms. The van der Waals surface area contributed by atoms with Crippen molar-refractivity contribution in [3.63, 3.8) is 0 Å². The van der Waals surface area contributed by atoms with Gasteiger partial charge < -0.3 is 19.3 Å². The van der Waals surface area contributed by atoms with Gasteiger partial charge in [-0.05, 0) is 25.8 Å². The van der Waals surface area contributed by atoms with Crippen LogP contribution in [0.25, 0.3) is 11.3 Å². The van der Waals surface area contributed by atoms with E-state index < -0.39 is 6.10 Å². The normalized spacial score (nSPS) is 15.2. The summed E-state index contributed by atoms with van der Waals surface area (Å²) in [5.41, 5.74) is 3.06. The molecule has 1 aliphatic heterocycles. The van der Waals surface area contributed by atoms with Gasteiger partial charge in [-0.1, -0.05) is 48.5 Å². The molecular formula is C23H33N3O3. The Balaban J connectivity index is 1.81. The second-order valence-electron chi connectivity index (χ2n) is 7.59. The average molecular weight is 400 g/mol. The second-order valence-corrected chi connectivity index (χ2v) is 7.59. The number of benzene rings is 1. The van der Waals surface area contributed by atoms with E-state index in [0.717, 1.165) is 48.8 Å². The summed E-state index contributed by atoms with van der Waals surface area (Å²) in [6, 6.07) is 10.2. The lowest BCUT2D eigenvalue weighted by atomic mass is 10.1. The first kappa shape index (κ1) is 21.6. The number of hydrogen-bond acceptors (Lipinski definition) is 6. The second kappa shape index (κ2) is 11.1. The van der Waals surface area contributed by atoms with Gasteiger partial charge in [-0.2, -0.15) is 0 Å². The molecule has 1 aliphatic rings. The number of anilines is 1. The van der Waals surface area contributed by atoms with Crippen molar-refractivity contribution >= 4 is 5.88 Å². The average Bonchev–Trinajstić information content (AvgIpc) is 3.39.